The van der Waals surface area contributed by atoms with Gasteiger partial charge in [-0.1, -0.05) is 19.8 Å². The van der Waals surface area contributed by atoms with E-state index in [-0.39, 0.29) is 6.10 Å². The summed E-state index contributed by atoms with van der Waals surface area (Å²) in [5, 5.41) is 9.56. The first-order chi connectivity index (χ1) is 6.22. The predicted molar refractivity (Wildman–Crippen MR) is 51.5 cm³/mol. The van der Waals surface area contributed by atoms with Crippen molar-refractivity contribution in [2.75, 3.05) is 19.6 Å². The molecule has 0 saturated carbocycles. The summed E-state index contributed by atoms with van der Waals surface area (Å²) in [7, 11) is 0. The van der Waals surface area contributed by atoms with E-state index in [9.17, 15) is 9.50 Å². The second kappa shape index (κ2) is 5.55. The standard InChI is InChI=1S/C10H20FNO/c1-2-3-4-10(13)8-12-6-5-9(11)7-12/h9-10,13H,2-8H2,1H3. The highest BCUT2D eigenvalue weighted by Crippen LogP contribution is 2.13. The molecule has 2 unspecified atom stereocenters. The quantitative estimate of drug-likeness (QED) is 0.710. The Morgan fingerprint density at radius 2 is 2.38 bits per heavy atom. The summed E-state index contributed by atoms with van der Waals surface area (Å²) in [5.41, 5.74) is 0. The Bertz CT molecular complexity index is 143. The molecule has 1 aliphatic heterocycles. The average Bonchev–Trinajstić information content (AvgIpc) is 2.48. The number of unbranched alkanes of at least 4 members (excludes halogenated alkanes) is 1. The Hall–Kier alpha value is -0.150. The number of hydrogen-bond donors (Lipinski definition) is 1. The largest absolute Gasteiger partial charge is 0.392 e. The normalized spacial score (nSPS) is 26.5. The number of rotatable bonds is 5. The highest BCUT2D eigenvalue weighted by atomic mass is 19.1. The number of alkyl halides is 1. The number of hydrogen-bond acceptors (Lipinski definition) is 2. The Balaban J connectivity index is 2.09. The number of halogens is 1. The Labute approximate surface area is 79.7 Å². The van der Waals surface area contributed by atoms with Gasteiger partial charge in [0.25, 0.3) is 0 Å². The van der Waals surface area contributed by atoms with E-state index < -0.39 is 6.17 Å². The summed E-state index contributed by atoms with van der Waals surface area (Å²) in [4.78, 5) is 2.02. The fourth-order valence-electron chi connectivity index (χ4n) is 1.78. The van der Waals surface area contributed by atoms with Gasteiger partial charge in [-0.2, -0.15) is 0 Å². The molecule has 0 aliphatic carbocycles. The van der Waals surface area contributed by atoms with Gasteiger partial charge in [0.2, 0.25) is 0 Å². The first kappa shape index (κ1) is 10.9. The number of β-amino-alcohol motifs (C(OH)–C–C–N with tert-alkyl or cyclic N) is 1. The maximum absolute atomic E-state index is 12.8. The van der Waals surface area contributed by atoms with Crippen LogP contribution in [0.1, 0.15) is 32.6 Å². The van der Waals surface area contributed by atoms with Crippen molar-refractivity contribution in [3.8, 4) is 0 Å². The molecule has 0 aromatic rings. The molecular weight excluding hydrogens is 169 g/mol. The zero-order chi connectivity index (χ0) is 9.68. The number of likely N-dealkylation sites (tertiary alicyclic amines) is 1. The minimum atomic E-state index is -0.668. The highest BCUT2D eigenvalue weighted by Gasteiger charge is 2.22. The molecule has 0 aromatic carbocycles. The van der Waals surface area contributed by atoms with E-state index in [2.05, 4.69) is 6.92 Å². The summed E-state index contributed by atoms with van der Waals surface area (Å²) in [6.45, 7) is 4.09. The third-order valence-corrected chi connectivity index (χ3v) is 2.57. The highest BCUT2D eigenvalue weighted by molar-refractivity contribution is 4.76. The van der Waals surface area contributed by atoms with Gasteiger partial charge in [-0.05, 0) is 12.8 Å². The van der Waals surface area contributed by atoms with Gasteiger partial charge in [0.15, 0.2) is 0 Å². The molecule has 0 amide bonds. The lowest BCUT2D eigenvalue weighted by Gasteiger charge is -2.18. The molecule has 1 saturated heterocycles. The van der Waals surface area contributed by atoms with Gasteiger partial charge < -0.3 is 5.11 Å². The fraction of sp³-hybridized carbons (Fsp3) is 1.00. The maximum atomic E-state index is 12.8. The van der Waals surface area contributed by atoms with Gasteiger partial charge in [0, 0.05) is 19.6 Å². The Morgan fingerprint density at radius 3 is 2.92 bits per heavy atom. The van der Waals surface area contributed by atoms with Crippen molar-refractivity contribution in [2.24, 2.45) is 0 Å². The molecule has 13 heavy (non-hydrogen) atoms. The molecule has 1 fully saturated rings. The Morgan fingerprint density at radius 1 is 1.62 bits per heavy atom. The number of aliphatic hydroxyl groups excluding tert-OH is 1. The smallest absolute Gasteiger partial charge is 0.114 e. The molecule has 0 spiro atoms. The van der Waals surface area contributed by atoms with Crippen molar-refractivity contribution in [2.45, 2.75) is 44.9 Å². The lowest BCUT2D eigenvalue weighted by Crippen LogP contribution is -2.30. The van der Waals surface area contributed by atoms with Crippen LogP contribution in [0.3, 0.4) is 0 Å². The van der Waals surface area contributed by atoms with Crippen molar-refractivity contribution >= 4 is 0 Å². The topological polar surface area (TPSA) is 23.5 Å². The van der Waals surface area contributed by atoms with Gasteiger partial charge in [0.05, 0.1) is 6.10 Å². The zero-order valence-corrected chi connectivity index (χ0v) is 8.38. The first-order valence-electron chi connectivity index (χ1n) is 5.27. The predicted octanol–water partition coefficient (Wildman–Crippen LogP) is 1.58. The van der Waals surface area contributed by atoms with Crippen molar-refractivity contribution in [1.82, 2.24) is 4.90 Å². The van der Waals surface area contributed by atoms with Crippen LogP contribution < -0.4 is 0 Å². The molecule has 0 bridgehead atoms. The van der Waals surface area contributed by atoms with Crippen LogP contribution in [0.2, 0.25) is 0 Å². The van der Waals surface area contributed by atoms with Crippen molar-refractivity contribution in [3.05, 3.63) is 0 Å². The lowest BCUT2D eigenvalue weighted by atomic mass is 10.1. The average molecular weight is 189 g/mol. The SMILES string of the molecule is CCCCC(O)CN1CCC(F)C1. The van der Waals surface area contributed by atoms with Crippen molar-refractivity contribution in [3.63, 3.8) is 0 Å². The maximum Gasteiger partial charge on any atom is 0.114 e. The molecule has 2 nitrogen and oxygen atoms in total. The second-order valence-corrected chi connectivity index (χ2v) is 3.94. The van der Waals surface area contributed by atoms with E-state index in [4.69, 9.17) is 0 Å². The van der Waals surface area contributed by atoms with Gasteiger partial charge in [-0.3, -0.25) is 4.90 Å². The molecule has 0 aromatic heterocycles. The third kappa shape index (κ3) is 4.05. The number of aliphatic hydroxyl groups is 1. The second-order valence-electron chi connectivity index (χ2n) is 3.94. The van der Waals surface area contributed by atoms with E-state index in [0.717, 1.165) is 25.8 Å². The van der Waals surface area contributed by atoms with Crippen LogP contribution in [0.4, 0.5) is 4.39 Å². The van der Waals surface area contributed by atoms with Crippen molar-refractivity contribution in [1.29, 1.82) is 0 Å². The van der Waals surface area contributed by atoms with Crippen molar-refractivity contribution < 1.29 is 9.50 Å². The first-order valence-corrected chi connectivity index (χ1v) is 5.27. The third-order valence-electron chi connectivity index (χ3n) is 2.57. The molecule has 1 heterocycles. The van der Waals surface area contributed by atoms with Crippen LogP contribution in [0, 0.1) is 0 Å². The van der Waals surface area contributed by atoms with Gasteiger partial charge in [-0.15, -0.1) is 0 Å². The van der Waals surface area contributed by atoms with Gasteiger partial charge in [0.1, 0.15) is 6.17 Å². The summed E-state index contributed by atoms with van der Waals surface area (Å²) in [6.07, 6.45) is 2.74. The molecular formula is C10H20FNO. The molecule has 2 atom stereocenters. The van der Waals surface area contributed by atoms with E-state index in [1.165, 1.54) is 0 Å². The van der Waals surface area contributed by atoms with E-state index in [1.54, 1.807) is 0 Å². The molecule has 3 heteroatoms. The molecule has 1 N–H and O–H groups in total. The van der Waals surface area contributed by atoms with Gasteiger partial charge in [-0.25, -0.2) is 4.39 Å². The van der Waals surface area contributed by atoms with Crippen LogP contribution in [0.5, 0.6) is 0 Å². The zero-order valence-electron chi connectivity index (χ0n) is 8.38. The number of nitrogens with zero attached hydrogens (tertiary/aromatic N) is 1. The van der Waals surface area contributed by atoms with Crippen LogP contribution in [-0.4, -0.2) is 41.9 Å². The minimum Gasteiger partial charge on any atom is -0.392 e. The molecule has 78 valence electrons. The monoisotopic (exact) mass is 189 g/mol. The molecule has 1 aliphatic rings. The van der Waals surface area contributed by atoms with Crippen LogP contribution in [0.25, 0.3) is 0 Å². The van der Waals surface area contributed by atoms with E-state index in [0.29, 0.717) is 19.5 Å². The van der Waals surface area contributed by atoms with Gasteiger partial charge >= 0.3 is 0 Å². The van der Waals surface area contributed by atoms with E-state index >= 15 is 0 Å². The summed E-state index contributed by atoms with van der Waals surface area (Å²) in [6, 6.07) is 0. The van der Waals surface area contributed by atoms with Crippen LogP contribution in [-0.2, 0) is 0 Å². The van der Waals surface area contributed by atoms with Crippen LogP contribution in [0.15, 0.2) is 0 Å². The Kier molecular flexibility index (Phi) is 4.67. The minimum absolute atomic E-state index is 0.259. The molecule has 1 rings (SSSR count). The van der Waals surface area contributed by atoms with E-state index in [1.807, 2.05) is 4.90 Å². The summed E-state index contributed by atoms with van der Waals surface area (Å²) >= 11 is 0. The summed E-state index contributed by atoms with van der Waals surface area (Å²) in [5.74, 6) is 0. The molecule has 0 radical (unpaired) electrons. The van der Waals surface area contributed by atoms with Crippen LogP contribution >= 0.6 is 0 Å². The summed E-state index contributed by atoms with van der Waals surface area (Å²) < 4.78 is 12.8. The lowest BCUT2D eigenvalue weighted by molar-refractivity contribution is 0.112. The fourth-order valence-corrected chi connectivity index (χ4v) is 1.78.